The first-order valence-electron chi connectivity index (χ1n) is 6.83. The molecule has 94 valence electrons. The maximum absolute atomic E-state index is 9.75. The Hall–Kier alpha value is -0.300. The second-order valence-electron chi connectivity index (χ2n) is 6.12. The molecular formula is C15H28O. The Morgan fingerprint density at radius 3 is 2.69 bits per heavy atom. The SMILES string of the molecule is CCCC(O)C=C[C@H]1[C@H](C)CCCC1(C)C. The summed E-state index contributed by atoms with van der Waals surface area (Å²) in [6.07, 6.45) is 10.0. The summed E-state index contributed by atoms with van der Waals surface area (Å²) in [6, 6.07) is 0. The molecule has 0 aromatic heterocycles. The molecule has 0 amide bonds. The lowest BCUT2D eigenvalue weighted by atomic mass is 9.64. The van der Waals surface area contributed by atoms with Crippen molar-refractivity contribution in [3.8, 4) is 0 Å². The van der Waals surface area contributed by atoms with Crippen molar-refractivity contribution in [1.29, 1.82) is 0 Å². The van der Waals surface area contributed by atoms with Crippen molar-refractivity contribution >= 4 is 0 Å². The fourth-order valence-electron chi connectivity index (χ4n) is 3.09. The van der Waals surface area contributed by atoms with Crippen LogP contribution in [0.5, 0.6) is 0 Å². The van der Waals surface area contributed by atoms with E-state index in [0.717, 1.165) is 18.8 Å². The Morgan fingerprint density at radius 2 is 2.12 bits per heavy atom. The van der Waals surface area contributed by atoms with E-state index in [4.69, 9.17) is 0 Å². The molecule has 0 aliphatic heterocycles. The Morgan fingerprint density at radius 1 is 1.44 bits per heavy atom. The van der Waals surface area contributed by atoms with Crippen LogP contribution < -0.4 is 0 Å². The average Bonchev–Trinajstić information content (AvgIpc) is 2.16. The second kappa shape index (κ2) is 5.86. The largest absolute Gasteiger partial charge is 0.389 e. The number of aliphatic hydroxyl groups excluding tert-OH is 1. The lowest BCUT2D eigenvalue weighted by Gasteiger charge is -2.41. The highest BCUT2D eigenvalue weighted by molar-refractivity contribution is 5.02. The van der Waals surface area contributed by atoms with Crippen molar-refractivity contribution < 1.29 is 5.11 Å². The number of aliphatic hydroxyl groups is 1. The van der Waals surface area contributed by atoms with Crippen LogP contribution in [0.15, 0.2) is 12.2 Å². The molecule has 3 atom stereocenters. The molecule has 1 unspecified atom stereocenters. The van der Waals surface area contributed by atoms with Crippen LogP contribution in [0.4, 0.5) is 0 Å². The van der Waals surface area contributed by atoms with Gasteiger partial charge in [-0.25, -0.2) is 0 Å². The van der Waals surface area contributed by atoms with E-state index in [9.17, 15) is 5.11 Å². The van der Waals surface area contributed by atoms with E-state index in [-0.39, 0.29) is 6.10 Å². The molecule has 0 bridgehead atoms. The third kappa shape index (κ3) is 3.62. The van der Waals surface area contributed by atoms with Gasteiger partial charge < -0.3 is 5.11 Å². The van der Waals surface area contributed by atoms with Gasteiger partial charge in [0.05, 0.1) is 6.10 Å². The fourth-order valence-corrected chi connectivity index (χ4v) is 3.09. The van der Waals surface area contributed by atoms with Crippen molar-refractivity contribution in [3.05, 3.63) is 12.2 Å². The highest BCUT2D eigenvalue weighted by atomic mass is 16.3. The Bertz CT molecular complexity index is 230. The summed E-state index contributed by atoms with van der Waals surface area (Å²) < 4.78 is 0. The number of hydrogen-bond donors (Lipinski definition) is 1. The van der Waals surface area contributed by atoms with Crippen molar-refractivity contribution in [2.45, 2.75) is 65.9 Å². The van der Waals surface area contributed by atoms with Gasteiger partial charge in [-0.3, -0.25) is 0 Å². The van der Waals surface area contributed by atoms with Crippen molar-refractivity contribution in [1.82, 2.24) is 0 Å². The Kier molecular flexibility index (Phi) is 5.04. The number of hydrogen-bond acceptors (Lipinski definition) is 1. The number of rotatable bonds is 4. The lowest BCUT2D eigenvalue weighted by molar-refractivity contribution is 0.121. The normalized spacial score (nSPS) is 31.8. The van der Waals surface area contributed by atoms with E-state index in [1.165, 1.54) is 19.3 Å². The zero-order chi connectivity index (χ0) is 12.2. The van der Waals surface area contributed by atoms with Gasteiger partial charge in [-0.1, -0.05) is 59.1 Å². The quantitative estimate of drug-likeness (QED) is 0.711. The van der Waals surface area contributed by atoms with Gasteiger partial charge in [0.2, 0.25) is 0 Å². The zero-order valence-corrected chi connectivity index (χ0v) is 11.4. The summed E-state index contributed by atoms with van der Waals surface area (Å²) in [7, 11) is 0. The molecule has 16 heavy (non-hydrogen) atoms. The predicted octanol–water partition coefficient (Wildman–Crippen LogP) is 4.17. The molecule has 1 aliphatic rings. The van der Waals surface area contributed by atoms with E-state index in [0.29, 0.717) is 11.3 Å². The molecule has 0 aromatic carbocycles. The summed E-state index contributed by atoms with van der Waals surface area (Å²) >= 11 is 0. The maximum Gasteiger partial charge on any atom is 0.0720 e. The highest BCUT2D eigenvalue weighted by Gasteiger charge is 2.34. The molecule has 0 saturated heterocycles. The van der Waals surface area contributed by atoms with Gasteiger partial charge in [0.1, 0.15) is 0 Å². The lowest BCUT2D eigenvalue weighted by Crippen LogP contribution is -2.32. The molecule has 1 heteroatoms. The molecule has 0 heterocycles. The first-order chi connectivity index (χ1) is 7.47. The van der Waals surface area contributed by atoms with Gasteiger partial charge >= 0.3 is 0 Å². The van der Waals surface area contributed by atoms with Crippen LogP contribution in [0.3, 0.4) is 0 Å². The standard InChI is InChI=1S/C15H28O/c1-5-7-13(16)9-10-14-12(2)8-6-11-15(14,3)4/h9-10,12-14,16H,5-8,11H2,1-4H3/t12-,13?,14+/m1/s1. The van der Waals surface area contributed by atoms with Gasteiger partial charge in [-0.05, 0) is 30.1 Å². The molecule has 0 spiro atoms. The summed E-state index contributed by atoms with van der Waals surface area (Å²) in [6.45, 7) is 9.19. The molecule has 0 radical (unpaired) electrons. The van der Waals surface area contributed by atoms with Crippen molar-refractivity contribution in [2.75, 3.05) is 0 Å². The topological polar surface area (TPSA) is 20.2 Å². The molecule has 1 fully saturated rings. The van der Waals surface area contributed by atoms with Crippen LogP contribution in [0.1, 0.15) is 59.8 Å². The Balaban J connectivity index is 2.61. The first kappa shape index (κ1) is 13.8. The fraction of sp³-hybridized carbons (Fsp3) is 0.867. The van der Waals surface area contributed by atoms with E-state index < -0.39 is 0 Å². The van der Waals surface area contributed by atoms with Crippen LogP contribution in [0.25, 0.3) is 0 Å². The first-order valence-corrected chi connectivity index (χ1v) is 6.83. The summed E-state index contributed by atoms with van der Waals surface area (Å²) in [5, 5.41) is 9.75. The smallest absolute Gasteiger partial charge is 0.0720 e. The molecule has 0 aromatic rings. The third-order valence-electron chi connectivity index (χ3n) is 4.12. The molecule has 1 N–H and O–H groups in total. The number of allylic oxidation sites excluding steroid dienone is 1. The van der Waals surface area contributed by atoms with Crippen molar-refractivity contribution in [2.24, 2.45) is 17.3 Å². The summed E-state index contributed by atoms with van der Waals surface area (Å²) in [5.74, 6) is 1.39. The van der Waals surface area contributed by atoms with Crippen LogP contribution >= 0.6 is 0 Å². The average molecular weight is 224 g/mol. The molecule has 1 aliphatic carbocycles. The molecular weight excluding hydrogens is 196 g/mol. The van der Waals surface area contributed by atoms with Gasteiger partial charge in [0, 0.05) is 0 Å². The molecule has 1 saturated carbocycles. The van der Waals surface area contributed by atoms with Crippen LogP contribution in [-0.2, 0) is 0 Å². The summed E-state index contributed by atoms with van der Waals surface area (Å²) in [5.41, 5.74) is 0.403. The highest BCUT2D eigenvalue weighted by Crippen LogP contribution is 2.44. The minimum Gasteiger partial charge on any atom is -0.389 e. The van der Waals surface area contributed by atoms with E-state index in [1.807, 2.05) is 6.08 Å². The van der Waals surface area contributed by atoms with Gasteiger partial charge in [-0.2, -0.15) is 0 Å². The van der Waals surface area contributed by atoms with Crippen LogP contribution in [0.2, 0.25) is 0 Å². The van der Waals surface area contributed by atoms with E-state index in [1.54, 1.807) is 0 Å². The second-order valence-corrected chi connectivity index (χ2v) is 6.12. The predicted molar refractivity (Wildman–Crippen MR) is 70.3 cm³/mol. The van der Waals surface area contributed by atoms with Gasteiger partial charge in [0.25, 0.3) is 0 Å². The Labute approximate surface area is 101 Å². The minimum absolute atomic E-state index is 0.241. The summed E-state index contributed by atoms with van der Waals surface area (Å²) in [4.78, 5) is 0. The molecule has 1 nitrogen and oxygen atoms in total. The monoisotopic (exact) mass is 224 g/mol. The van der Waals surface area contributed by atoms with E-state index >= 15 is 0 Å². The maximum atomic E-state index is 9.75. The van der Waals surface area contributed by atoms with E-state index in [2.05, 4.69) is 33.8 Å². The van der Waals surface area contributed by atoms with Crippen LogP contribution in [0, 0.1) is 17.3 Å². The molecule has 1 rings (SSSR count). The van der Waals surface area contributed by atoms with Crippen LogP contribution in [-0.4, -0.2) is 11.2 Å². The van der Waals surface area contributed by atoms with Gasteiger partial charge in [-0.15, -0.1) is 0 Å². The van der Waals surface area contributed by atoms with Gasteiger partial charge in [0.15, 0.2) is 0 Å². The third-order valence-corrected chi connectivity index (χ3v) is 4.12. The minimum atomic E-state index is -0.241. The van der Waals surface area contributed by atoms with Crippen molar-refractivity contribution in [3.63, 3.8) is 0 Å². The zero-order valence-electron chi connectivity index (χ0n) is 11.4.